The molecule has 0 bridgehead atoms. The molecule has 90 valence electrons. The van der Waals surface area contributed by atoms with Crippen LogP contribution in [0.5, 0.6) is 0 Å². The summed E-state index contributed by atoms with van der Waals surface area (Å²) in [5.74, 6) is 1.28. The summed E-state index contributed by atoms with van der Waals surface area (Å²) in [6.45, 7) is 8.57. The van der Waals surface area contributed by atoms with Gasteiger partial charge in [0.15, 0.2) is 0 Å². The normalized spacial score (nSPS) is 11.5. The van der Waals surface area contributed by atoms with E-state index in [4.69, 9.17) is 16.3 Å². The fourth-order valence-corrected chi connectivity index (χ4v) is 1.72. The van der Waals surface area contributed by atoms with Crippen LogP contribution in [0.1, 0.15) is 47.0 Å². The summed E-state index contributed by atoms with van der Waals surface area (Å²) < 4.78 is 5.39. The predicted molar refractivity (Wildman–Crippen MR) is 64.1 cm³/mol. The maximum atomic E-state index is 11.3. The van der Waals surface area contributed by atoms with Gasteiger partial charge in [0, 0.05) is 5.88 Å². The topological polar surface area (TPSA) is 26.3 Å². The number of esters is 1. The van der Waals surface area contributed by atoms with Crippen LogP contribution >= 0.6 is 11.6 Å². The van der Waals surface area contributed by atoms with Crippen LogP contribution in [0.25, 0.3) is 0 Å². The Morgan fingerprint density at radius 2 is 1.60 bits per heavy atom. The van der Waals surface area contributed by atoms with E-state index in [0.717, 1.165) is 12.8 Å². The SMILES string of the molecule is CC(C)CC(CC(C)C)OC(=O)CCCl. The van der Waals surface area contributed by atoms with E-state index in [1.807, 2.05) is 0 Å². The molecule has 0 N–H and O–H groups in total. The minimum Gasteiger partial charge on any atom is -0.462 e. The summed E-state index contributed by atoms with van der Waals surface area (Å²) in [4.78, 5) is 11.3. The molecule has 0 aliphatic carbocycles. The highest BCUT2D eigenvalue weighted by molar-refractivity contribution is 6.18. The van der Waals surface area contributed by atoms with E-state index in [1.165, 1.54) is 0 Å². The van der Waals surface area contributed by atoms with Crippen molar-refractivity contribution < 1.29 is 9.53 Å². The Bertz CT molecular complexity index is 168. The number of alkyl halides is 1. The van der Waals surface area contributed by atoms with Crippen LogP contribution in [0.15, 0.2) is 0 Å². The average Bonchev–Trinajstić information content (AvgIpc) is 2.00. The summed E-state index contributed by atoms with van der Waals surface area (Å²) in [5, 5.41) is 0. The van der Waals surface area contributed by atoms with Gasteiger partial charge in [-0.1, -0.05) is 27.7 Å². The molecule has 0 heterocycles. The molecule has 0 aliphatic rings. The van der Waals surface area contributed by atoms with Crippen molar-refractivity contribution in [3.8, 4) is 0 Å². The van der Waals surface area contributed by atoms with E-state index < -0.39 is 0 Å². The van der Waals surface area contributed by atoms with Gasteiger partial charge in [0.1, 0.15) is 6.10 Å². The minimum atomic E-state index is -0.170. The Morgan fingerprint density at radius 1 is 1.13 bits per heavy atom. The van der Waals surface area contributed by atoms with Gasteiger partial charge in [0.25, 0.3) is 0 Å². The maximum Gasteiger partial charge on any atom is 0.307 e. The molecule has 0 aromatic heterocycles. The van der Waals surface area contributed by atoms with Crippen molar-refractivity contribution in [2.24, 2.45) is 11.8 Å². The molecule has 0 saturated carbocycles. The molecule has 2 nitrogen and oxygen atoms in total. The van der Waals surface area contributed by atoms with Crippen molar-refractivity contribution in [3.05, 3.63) is 0 Å². The number of hydrogen-bond acceptors (Lipinski definition) is 2. The maximum absolute atomic E-state index is 11.3. The molecule has 0 amide bonds. The van der Waals surface area contributed by atoms with Crippen molar-refractivity contribution >= 4 is 17.6 Å². The first-order valence-electron chi connectivity index (χ1n) is 5.71. The Hall–Kier alpha value is -0.240. The lowest BCUT2D eigenvalue weighted by Crippen LogP contribution is -2.22. The van der Waals surface area contributed by atoms with Crippen molar-refractivity contribution in [2.75, 3.05) is 5.88 Å². The smallest absolute Gasteiger partial charge is 0.307 e. The Kier molecular flexibility index (Phi) is 7.85. The fraction of sp³-hybridized carbons (Fsp3) is 0.917. The molecule has 0 unspecified atom stereocenters. The van der Waals surface area contributed by atoms with Gasteiger partial charge in [-0.3, -0.25) is 4.79 Å². The summed E-state index contributed by atoms with van der Waals surface area (Å²) in [6.07, 6.45) is 2.24. The van der Waals surface area contributed by atoms with Gasteiger partial charge in [-0.2, -0.15) is 0 Å². The summed E-state index contributed by atoms with van der Waals surface area (Å²) in [6, 6.07) is 0. The number of carbonyl (C=O) groups is 1. The second kappa shape index (κ2) is 7.98. The van der Waals surface area contributed by atoms with Crippen LogP contribution in [0, 0.1) is 11.8 Å². The highest BCUT2D eigenvalue weighted by atomic mass is 35.5. The molecule has 0 atom stereocenters. The second-order valence-electron chi connectivity index (χ2n) is 4.81. The van der Waals surface area contributed by atoms with Crippen LogP contribution in [0.4, 0.5) is 0 Å². The molecule has 0 rings (SSSR count). The Labute approximate surface area is 98.3 Å². The van der Waals surface area contributed by atoms with Crippen LogP contribution in [-0.2, 0) is 9.53 Å². The number of rotatable bonds is 7. The van der Waals surface area contributed by atoms with Crippen molar-refractivity contribution in [1.29, 1.82) is 0 Å². The van der Waals surface area contributed by atoms with Crippen molar-refractivity contribution in [2.45, 2.75) is 53.1 Å². The molecule has 0 radical (unpaired) electrons. The van der Waals surface area contributed by atoms with Gasteiger partial charge in [0.05, 0.1) is 6.42 Å². The first-order chi connectivity index (χ1) is 6.95. The summed E-state index contributed by atoms with van der Waals surface area (Å²) in [5.41, 5.74) is 0. The minimum absolute atomic E-state index is 0.0562. The quantitative estimate of drug-likeness (QED) is 0.497. The molecule has 0 saturated heterocycles. The van der Waals surface area contributed by atoms with Gasteiger partial charge >= 0.3 is 5.97 Å². The molecule has 0 aromatic rings. The molecular weight excluding hydrogens is 212 g/mol. The number of halogens is 1. The first kappa shape index (κ1) is 14.8. The van der Waals surface area contributed by atoms with Crippen LogP contribution in [0.3, 0.4) is 0 Å². The molecule has 0 aliphatic heterocycles. The highest BCUT2D eigenvalue weighted by Crippen LogP contribution is 2.17. The lowest BCUT2D eigenvalue weighted by molar-refractivity contribution is -0.150. The largest absolute Gasteiger partial charge is 0.462 e. The lowest BCUT2D eigenvalue weighted by Gasteiger charge is -2.21. The number of carbonyl (C=O) groups excluding carboxylic acids is 1. The van der Waals surface area contributed by atoms with E-state index in [-0.39, 0.29) is 12.1 Å². The monoisotopic (exact) mass is 234 g/mol. The summed E-state index contributed by atoms with van der Waals surface area (Å²) >= 11 is 5.49. The van der Waals surface area contributed by atoms with E-state index in [9.17, 15) is 4.79 Å². The van der Waals surface area contributed by atoms with Crippen LogP contribution in [0.2, 0.25) is 0 Å². The van der Waals surface area contributed by atoms with Gasteiger partial charge < -0.3 is 4.74 Å². The number of ether oxygens (including phenoxy) is 1. The third-order valence-electron chi connectivity index (χ3n) is 2.07. The number of hydrogen-bond donors (Lipinski definition) is 0. The molecule has 0 aromatic carbocycles. The van der Waals surface area contributed by atoms with Crippen molar-refractivity contribution in [1.82, 2.24) is 0 Å². The first-order valence-corrected chi connectivity index (χ1v) is 6.24. The van der Waals surface area contributed by atoms with E-state index in [2.05, 4.69) is 27.7 Å². The van der Waals surface area contributed by atoms with Gasteiger partial charge in [-0.15, -0.1) is 11.6 Å². The molecule has 15 heavy (non-hydrogen) atoms. The molecule has 0 spiro atoms. The van der Waals surface area contributed by atoms with Gasteiger partial charge in [-0.25, -0.2) is 0 Å². The lowest BCUT2D eigenvalue weighted by atomic mass is 9.98. The molecule has 3 heteroatoms. The van der Waals surface area contributed by atoms with Gasteiger partial charge in [0.2, 0.25) is 0 Å². The molecule has 0 fully saturated rings. The average molecular weight is 235 g/mol. The predicted octanol–water partition coefficient (Wildman–Crippen LogP) is 3.62. The van der Waals surface area contributed by atoms with E-state index in [0.29, 0.717) is 24.1 Å². The third kappa shape index (κ3) is 8.73. The third-order valence-corrected chi connectivity index (χ3v) is 2.25. The Balaban J connectivity index is 4.05. The standard InChI is InChI=1S/C12H23ClO2/c1-9(2)7-11(8-10(3)4)15-12(14)5-6-13/h9-11H,5-8H2,1-4H3. The zero-order chi connectivity index (χ0) is 11.8. The van der Waals surface area contributed by atoms with Gasteiger partial charge in [-0.05, 0) is 24.7 Å². The highest BCUT2D eigenvalue weighted by Gasteiger charge is 2.17. The fourth-order valence-electron chi connectivity index (χ4n) is 1.57. The van der Waals surface area contributed by atoms with Crippen LogP contribution < -0.4 is 0 Å². The van der Waals surface area contributed by atoms with E-state index >= 15 is 0 Å². The van der Waals surface area contributed by atoms with Crippen LogP contribution in [-0.4, -0.2) is 18.0 Å². The second-order valence-corrected chi connectivity index (χ2v) is 5.19. The van der Waals surface area contributed by atoms with Crippen molar-refractivity contribution in [3.63, 3.8) is 0 Å². The zero-order valence-electron chi connectivity index (χ0n) is 10.3. The molecular formula is C12H23ClO2. The summed E-state index contributed by atoms with van der Waals surface area (Å²) in [7, 11) is 0. The zero-order valence-corrected chi connectivity index (χ0v) is 11.0. The van der Waals surface area contributed by atoms with E-state index in [1.54, 1.807) is 0 Å². The Morgan fingerprint density at radius 3 is 1.93 bits per heavy atom.